The van der Waals surface area contributed by atoms with Crippen LogP contribution in [0.2, 0.25) is 0 Å². The molecule has 0 heterocycles. The summed E-state index contributed by atoms with van der Waals surface area (Å²) in [6.07, 6.45) is 2.03. The predicted octanol–water partition coefficient (Wildman–Crippen LogP) is 1.54. The molecule has 10 heavy (non-hydrogen) atoms. The standard InChI is InChI=1S/C8H19NO/c1-4-6-10-7-5-8(2,3)9/h4-7,9H2,1-3H3. The molecule has 0 aliphatic carbocycles. The lowest BCUT2D eigenvalue weighted by atomic mass is 10.0. The Balaban J connectivity index is 3.04. The van der Waals surface area contributed by atoms with Crippen molar-refractivity contribution in [2.45, 2.75) is 39.2 Å². The average molecular weight is 145 g/mol. The summed E-state index contributed by atoms with van der Waals surface area (Å²) in [4.78, 5) is 0. The third-order valence-corrected chi connectivity index (χ3v) is 1.24. The maximum atomic E-state index is 5.74. The molecule has 0 bridgehead atoms. The van der Waals surface area contributed by atoms with E-state index in [4.69, 9.17) is 10.5 Å². The van der Waals surface area contributed by atoms with Gasteiger partial charge in [-0.1, -0.05) is 6.92 Å². The van der Waals surface area contributed by atoms with Crippen molar-refractivity contribution in [3.63, 3.8) is 0 Å². The van der Waals surface area contributed by atoms with Crippen LogP contribution >= 0.6 is 0 Å². The predicted molar refractivity (Wildman–Crippen MR) is 44.0 cm³/mol. The molecule has 0 aromatic rings. The Labute approximate surface area is 63.7 Å². The first-order valence-corrected chi connectivity index (χ1v) is 3.93. The summed E-state index contributed by atoms with van der Waals surface area (Å²) in [5.74, 6) is 0. The van der Waals surface area contributed by atoms with Crippen LogP contribution in [0.15, 0.2) is 0 Å². The van der Waals surface area contributed by atoms with E-state index in [1.54, 1.807) is 0 Å². The summed E-state index contributed by atoms with van der Waals surface area (Å²) in [6, 6.07) is 0. The summed E-state index contributed by atoms with van der Waals surface area (Å²) in [6.45, 7) is 7.78. The first-order chi connectivity index (χ1) is 4.56. The smallest absolute Gasteiger partial charge is 0.0483 e. The number of hydrogen-bond donors (Lipinski definition) is 1. The number of nitrogens with two attached hydrogens (primary N) is 1. The minimum absolute atomic E-state index is 0.0757. The van der Waals surface area contributed by atoms with Crippen molar-refractivity contribution in [2.75, 3.05) is 13.2 Å². The van der Waals surface area contributed by atoms with Crippen molar-refractivity contribution in [2.24, 2.45) is 5.73 Å². The molecule has 2 nitrogen and oxygen atoms in total. The summed E-state index contributed by atoms with van der Waals surface area (Å²) < 4.78 is 5.28. The molecule has 0 unspecified atom stereocenters. The van der Waals surface area contributed by atoms with E-state index >= 15 is 0 Å². The van der Waals surface area contributed by atoms with Gasteiger partial charge in [-0.15, -0.1) is 0 Å². The van der Waals surface area contributed by atoms with Gasteiger partial charge in [0.05, 0.1) is 0 Å². The Hall–Kier alpha value is -0.0800. The van der Waals surface area contributed by atoms with Gasteiger partial charge in [-0.05, 0) is 26.7 Å². The maximum Gasteiger partial charge on any atom is 0.0483 e. The van der Waals surface area contributed by atoms with E-state index in [0.717, 1.165) is 26.1 Å². The average Bonchev–Trinajstić information content (AvgIpc) is 1.78. The molecule has 2 heteroatoms. The second-order valence-electron chi connectivity index (χ2n) is 3.35. The minimum Gasteiger partial charge on any atom is -0.381 e. The quantitative estimate of drug-likeness (QED) is 0.595. The minimum atomic E-state index is -0.0757. The second kappa shape index (κ2) is 4.69. The summed E-state index contributed by atoms with van der Waals surface area (Å²) in [5.41, 5.74) is 5.66. The normalized spacial score (nSPS) is 12.0. The molecular weight excluding hydrogens is 126 g/mol. The molecule has 0 atom stereocenters. The molecule has 0 radical (unpaired) electrons. The van der Waals surface area contributed by atoms with E-state index in [2.05, 4.69) is 6.92 Å². The Morgan fingerprint density at radius 1 is 1.30 bits per heavy atom. The maximum absolute atomic E-state index is 5.74. The molecule has 0 aliphatic heterocycles. The second-order valence-corrected chi connectivity index (χ2v) is 3.35. The monoisotopic (exact) mass is 145 g/mol. The third-order valence-electron chi connectivity index (χ3n) is 1.24. The molecule has 0 saturated carbocycles. The van der Waals surface area contributed by atoms with E-state index in [9.17, 15) is 0 Å². The Morgan fingerprint density at radius 3 is 2.30 bits per heavy atom. The van der Waals surface area contributed by atoms with Crippen LogP contribution in [-0.2, 0) is 4.74 Å². The lowest BCUT2D eigenvalue weighted by Gasteiger charge is -2.17. The molecule has 0 fully saturated rings. The van der Waals surface area contributed by atoms with Crippen LogP contribution in [0.4, 0.5) is 0 Å². The molecular formula is C8H19NO. The highest BCUT2D eigenvalue weighted by Crippen LogP contribution is 2.02. The van der Waals surface area contributed by atoms with Crippen LogP contribution in [0.1, 0.15) is 33.6 Å². The van der Waals surface area contributed by atoms with Crippen LogP contribution in [0.5, 0.6) is 0 Å². The Morgan fingerprint density at radius 2 is 1.90 bits per heavy atom. The topological polar surface area (TPSA) is 35.2 Å². The molecule has 62 valence electrons. The zero-order valence-corrected chi connectivity index (χ0v) is 7.31. The molecule has 0 aromatic heterocycles. The van der Waals surface area contributed by atoms with Gasteiger partial charge in [-0.25, -0.2) is 0 Å². The lowest BCUT2D eigenvalue weighted by Crippen LogP contribution is -2.33. The highest BCUT2D eigenvalue weighted by Gasteiger charge is 2.08. The van der Waals surface area contributed by atoms with Gasteiger partial charge in [-0.3, -0.25) is 0 Å². The van der Waals surface area contributed by atoms with Crippen LogP contribution < -0.4 is 5.73 Å². The Bertz CT molecular complexity index is 75.8. The van der Waals surface area contributed by atoms with Gasteiger partial charge in [0.25, 0.3) is 0 Å². The first-order valence-electron chi connectivity index (χ1n) is 3.93. The van der Waals surface area contributed by atoms with Crippen LogP contribution in [0, 0.1) is 0 Å². The van der Waals surface area contributed by atoms with Gasteiger partial charge in [0.1, 0.15) is 0 Å². The van der Waals surface area contributed by atoms with E-state index in [-0.39, 0.29) is 5.54 Å². The van der Waals surface area contributed by atoms with Crippen LogP contribution in [0.3, 0.4) is 0 Å². The van der Waals surface area contributed by atoms with Crippen LogP contribution in [-0.4, -0.2) is 18.8 Å². The fraction of sp³-hybridized carbons (Fsp3) is 1.00. The SMILES string of the molecule is CCCOCCC(C)(C)N. The molecule has 0 rings (SSSR count). The van der Waals surface area contributed by atoms with E-state index in [1.807, 2.05) is 13.8 Å². The van der Waals surface area contributed by atoms with Gasteiger partial charge < -0.3 is 10.5 Å². The van der Waals surface area contributed by atoms with Gasteiger partial charge in [0.2, 0.25) is 0 Å². The summed E-state index contributed by atoms with van der Waals surface area (Å²) in [7, 11) is 0. The van der Waals surface area contributed by atoms with E-state index in [1.165, 1.54) is 0 Å². The summed E-state index contributed by atoms with van der Waals surface area (Å²) >= 11 is 0. The van der Waals surface area contributed by atoms with Crippen molar-refractivity contribution in [3.8, 4) is 0 Å². The first kappa shape index (κ1) is 9.92. The van der Waals surface area contributed by atoms with Crippen molar-refractivity contribution >= 4 is 0 Å². The molecule has 0 aromatic carbocycles. The van der Waals surface area contributed by atoms with E-state index < -0.39 is 0 Å². The van der Waals surface area contributed by atoms with Crippen molar-refractivity contribution in [1.82, 2.24) is 0 Å². The molecule has 0 aliphatic rings. The summed E-state index contributed by atoms with van der Waals surface area (Å²) in [5, 5.41) is 0. The molecule has 2 N–H and O–H groups in total. The fourth-order valence-corrected chi connectivity index (χ4v) is 0.582. The highest BCUT2D eigenvalue weighted by molar-refractivity contribution is 4.70. The van der Waals surface area contributed by atoms with Gasteiger partial charge in [-0.2, -0.15) is 0 Å². The largest absolute Gasteiger partial charge is 0.381 e. The third kappa shape index (κ3) is 7.92. The van der Waals surface area contributed by atoms with Crippen LogP contribution in [0.25, 0.3) is 0 Å². The van der Waals surface area contributed by atoms with Crippen molar-refractivity contribution < 1.29 is 4.74 Å². The Kier molecular flexibility index (Phi) is 4.65. The fourth-order valence-electron chi connectivity index (χ4n) is 0.582. The molecule has 0 saturated heterocycles. The van der Waals surface area contributed by atoms with Gasteiger partial charge in [0.15, 0.2) is 0 Å². The highest BCUT2D eigenvalue weighted by atomic mass is 16.5. The van der Waals surface area contributed by atoms with Gasteiger partial charge >= 0.3 is 0 Å². The molecule has 0 spiro atoms. The van der Waals surface area contributed by atoms with E-state index in [0.29, 0.717) is 0 Å². The zero-order chi connectivity index (χ0) is 8.04. The molecule has 0 amide bonds. The number of rotatable bonds is 5. The number of hydrogen-bond acceptors (Lipinski definition) is 2. The zero-order valence-electron chi connectivity index (χ0n) is 7.31. The van der Waals surface area contributed by atoms with Gasteiger partial charge in [0, 0.05) is 18.8 Å². The van der Waals surface area contributed by atoms with Crippen molar-refractivity contribution in [3.05, 3.63) is 0 Å². The lowest BCUT2D eigenvalue weighted by molar-refractivity contribution is 0.119. The number of ether oxygens (including phenoxy) is 1. The van der Waals surface area contributed by atoms with Crippen molar-refractivity contribution in [1.29, 1.82) is 0 Å².